The van der Waals surface area contributed by atoms with Crippen molar-refractivity contribution in [2.24, 2.45) is 0 Å². The van der Waals surface area contributed by atoms with Crippen molar-refractivity contribution in [3.63, 3.8) is 0 Å². The minimum atomic E-state index is -0.295. The van der Waals surface area contributed by atoms with Gasteiger partial charge < -0.3 is 4.90 Å². The second-order valence-electron chi connectivity index (χ2n) is 4.44. The minimum Gasteiger partial charge on any atom is -0.324 e. The number of hydrogen-bond donors (Lipinski definition) is 0. The van der Waals surface area contributed by atoms with Gasteiger partial charge in [0.05, 0.1) is 5.69 Å². The fourth-order valence-electron chi connectivity index (χ4n) is 1.99. The topological polar surface area (TPSA) is 52.8 Å². The van der Waals surface area contributed by atoms with Crippen molar-refractivity contribution < 1.29 is 4.39 Å². The van der Waals surface area contributed by atoms with Crippen molar-refractivity contribution in [2.45, 2.75) is 20.8 Å². The molecule has 20 heavy (non-hydrogen) atoms. The largest absolute Gasteiger partial charge is 0.324 e. The van der Waals surface area contributed by atoms with E-state index in [1.165, 1.54) is 12.1 Å². The second-order valence-corrected chi connectivity index (χ2v) is 4.44. The maximum Gasteiger partial charge on any atom is 0.173 e. The lowest BCUT2D eigenvalue weighted by Gasteiger charge is -2.23. The van der Waals surface area contributed by atoms with E-state index in [9.17, 15) is 9.65 Å². The number of aromatic nitrogens is 2. The molecule has 0 spiro atoms. The molecule has 1 heterocycles. The highest BCUT2D eigenvalue weighted by molar-refractivity contribution is 5.67. The molecule has 2 rings (SSSR count). The zero-order chi connectivity index (χ0) is 14.7. The molecule has 0 saturated heterocycles. The molecule has 1 aromatic carbocycles. The molecule has 0 aliphatic carbocycles. The third-order valence-corrected chi connectivity index (χ3v) is 3.26. The van der Waals surface area contributed by atoms with E-state index in [0.29, 0.717) is 17.9 Å². The predicted molar refractivity (Wildman–Crippen MR) is 75.3 cm³/mol. The highest BCUT2D eigenvalue weighted by atomic mass is 19.1. The Kier molecular flexibility index (Phi) is 3.94. The van der Waals surface area contributed by atoms with Crippen molar-refractivity contribution in [3.8, 4) is 6.07 Å². The molecule has 0 atom stereocenters. The molecule has 0 amide bonds. The van der Waals surface area contributed by atoms with Crippen LogP contribution < -0.4 is 4.90 Å². The smallest absolute Gasteiger partial charge is 0.173 e. The molecule has 4 nitrogen and oxygen atoms in total. The van der Waals surface area contributed by atoms with Gasteiger partial charge in [0, 0.05) is 12.2 Å². The zero-order valence-corrected chi connectivity index (χ0v) is 11.7. The molecule has 0 aliphatic heterocycles. The van der Waals surface area contributed by atoms with Gasteiger partial charge in [0.2, 0.25) is 0 Å². The third-order valence-electron chi connectivity index (χ3n) is 3.26. The lowest BCUT2D eigenvalue weighted by Crippen LogP contribution is -2.20. The lowest BCUT2D eigenvalue weighted by atomic mass is 10.1. The SMILES string of the molecule is CCN(c1ccc(F)cc1)c1nnc(C)c(C)c1C#N. The summed E-state index contributed by atoms with van der Waals surface area (Å²) >= 11 is 0. The van der Waals surface area contributed by atoms with Gasteiger partial charge in [0.25, 0.3) is 0 Å². The average molecular weight is 270 g/mol. The maximum atomic E-state index is 13.0. The van der Waals surface area contributed by atoms with E-state index in [4.69, 9.17) is 0 Å². The summed E-state index contributed by atoms with van der Waals surface area (Å²) in [5, 5.41) is 17.6. The van der Waals surface area contributed by atoms with Gasteiger partial charge in [-0.15, -0.1) is 5.10 Å². The van der Waals surface area contributed by atoms with E-state index in [1.54, 1.807) is 12.1 Å². The summed E-state index contributed by atoms with van der Waals surface area (Å²) in [4.78, 5) is 1.84. The van der Waals surface area contributed by atoms with Crippen LogP contribution in [-0.2, 0) is 0 Å². The second kappa shape index (κ2) is 5.66. The van der Waals surface area contributed by atoms with Gasteiger partial charge in [-0.1, -0.05) is 0 Å². The lowest BCUT2D eigenvalue weighted by molar-refractivity contribution is 0.627. The first-order chi connectivity index (χ1) is 9.58. The average Bonchev–Trinajstić information content (AvgIpc) is 2.45. The number of nitrogens with zero attached hydrogens (tertiary/aromatic N) is 4. The van der Waals surface area contributed by atoms with Crippen molar-refractivity contribution >= 4 is 11.5 Å². The van der Waals surface area contributed by atoms with E-state index in [0.717, 1.165) is 16.9 Å². The Bertz CT molecular complexity index is 659. The summed E-state index contributed by atoms with van der Waals surface area (Å²) in [5.74, 6) is 0.209. The van der Waals surface area contributed by atoms with Crippen LogP contribution in [0.3, 0.4) is 0 Å². The molecule has 1 aromatic heterocycles. The van der Waals surface area contributed by atoms with Crippen LogP contribution in [0.15, 0.2) is 24.3 Å². The van der Waals surface area contributed by atoms with Crippen molar-refractivity contribution in [2.75, 3.05) is 11.4 Å². The Morgan fingerprint density at radius 2 is 1.85 bits per heavy atom. The normalized spacial score (nSPS) is 10.2. The van der Waals surface area contributed by atoms with E-state index in [1.807, 2.05) is 25.7 Å². The van der Waals surface area contributed by atoms with E-state index in [-0.39, 0.29) is 5.82 Å². The minimum absolute atomic E-state index is 0.295. The summed E-state index contributed by atoms with van der Waals surface area (Å²) in [5.41, 5.74) is 2.84. The summed E-state index contributed by atoms with van der Waals surface area (Å²) in [6, 6.07) is 8.28. The van der Waals surface area contributed by atoms with E-state index in [2.05, 4.69) is 16.3 Å². The number of anilines is 2. The summed E-state index contributed by atoms with van der Waals surface area (Å²) in [6.45, 7) is 6.23. The fraction of sp³-hybridized carbons (Fsp3) is 0.267. The van der Waals surface area contributed by atoms with Crippen LogP contribution in [0, 0.1) is 31.0 Å². The number of aryl methyl sites for hydroxylation is 1. The molecule has 0 fully saturated rings. The van der Waals surface area contributed by atoms with Gasteiger partial charge in [-0.3, -0.25) is 0 Å². The highest BCUT2D eigenvalue weighted by Gasteiger charge is 2.17. The third kappa shape index (κ3) is 2.45. The van der Waals surface area contributed by atoms with E-state index >= 15 is 0 Å². The monoisotopic (exact) mass is 270 g/mol. The number of nitriles is 1. The van der Waals surface area contributed by atoms with Crippen molar-refractivity contribution in [1.29, 1.82) is 5.26 Å². The predicted octanol–water partition coefficient (Wildman–Crippen LogP) is 3.26. The Morgan fingerprint density at radius 3 is 2.40 bits per heavy atom. The first-order valence-electron chi connectivity index (χ1n) is 6.35. The molecule has 0 unspecified atom stereocenters. The molecule has 5 heteroatoms. The van der Waals surface area contributed by atoms with Crippen LogP contribution >= 0.6 is 0 Å². The van der Waals surface area contributed by atoms with Crippen LogP contribution in [0.5, 0.6) is 0 Å². The van der Waals surface area contributed by atoms with Gasteiger partial charge in [-0.05, 0) is 50.6 Å². The van der Waals surface area contributed by atoms with Gasteiger partial charge in [0.1, 0.15) is 17.4 Å². The zero-order valence-electron chi connectivity index (χ0n) is 11.7. The molecule has 0 saturated carbocycles. The summed E-state index contributed by atoms with van der Waals surface area (Å²) < 4.78 is 13.0. The highest BCUT2D eigenvalue weighted by Crippen LogP contribution is 2.28. The standard InChI is InChI=1S/C15H15FN4/c1-4-20(13-7-5-12(16)6-8-13)15-14(9-17)10(2)11(3)18-19-15/h5-8H,4H2,1-3H3. The Labute approximate surface area is 117 Å². The molecule has 2 aromatic rings. The first kappa shape index (κ1) is 13.9. The molecule has 0 bridgehead atoms. The number of benzene rings is 1. The van der Waals surface area contributed by atoms with Crippen molar-refractivity contribution in [1.82, 2.24) is 10.2 Å². The quantitative estimate of drug-likeness (QED) is 0.859. The molecule has 0 N–H and O–H groups in total. The van der Waals surface area contributed by atoms with Gasteiger partial charge >= 0.3 is 0 Å². The molecule has 102 valence electrons. The first-order valence-corrected chi connectivity index (χ1v) is 6.35. The van der Waals surface area contributed by atoms with Crippen LogP contribution in [-0.4, -0.2) is 16.7 Å². The molecular formula is C15H15FN4. The summed E-state index contributed by atoms with van der Waals surface area (Å²) in [7, 11) is 0. The van der Waals surface area contributed by atoms with Crippen LogP contribution in [0.1, 0.15) is 23.7 Å². The van der Waals surface area contributed by atoms with Crippen LogP contribution in [0.4, 0.5) is 15.9 Å². The van der Waals surface area contributed by atoms with Gasteiger partial charge in [-0.2, -0.15) is 10.4 Å². The number of rotatable bonds is 3. The van der Waals surface area contributed by atoms with Crippen molar-refractivity contribution in [3.05, 3.63) is 46.9 Å². The Hall–Kier alpha value is -2.48. The summed E-state index contributed by atoms with van der Waals surface area (Å²) in [6.07, 6.45) is 0. The molecule has 0 aliphatic rings. The van der Waals surface area contributed by atoms with E-state index < -0.39 is 0 Å². The number of hydrogen-bond acceptors (Lipinski definition) is 4. The molecule has 0 radical (unpaired) electrons. The Morgan fingerprint density at radius 1 is 1.20 bits per heavy atom. The van der Waals surface area contributed by atoms with Gasteiger partial charge in [0.15, 0.2) is 5.82 Å². The van der Waals surface area contributed by atoms with Crippen LogP contribution in [0.25, 0.3) is 0 Å². The fourth-order valence-corrected chi connectivity index (χ4v) is 1.99. The van der Waals surface area contributed by atoms with Gasteiger partial charge in [-0.25, -0.2) is 4.39 Å². The maximum absolute atomic E-state index is 13.0. The number of halogens is 1. The van der Waals surface area contributed by atoms with Crippen LogP contribution in [0.2, 0.25) is 0 Å². The Balaban J connectivity index is 2.56. The molecular weight excluding hydrogens is 255 g/mol.